The normalized spacial score (nSPS) is 23.1. The molecule has 0 aliphatic carbocycles. The molecule has 0 saturated carbocycles. The van der Waals surface area contributed by atoms with Crippen LogP contribution in [0, 0.1) is 0 Å². The van der Waals surface area contributed by atoms with Gasteiger partial charge in [-0.2, -0.15) is 0 Å². The Morgan fingerprint density at radius 3 is 2.95 bits per heavy atom. The Bertz CT molecular complexity index is 400. The summed E-state index contributed by atoms with van der Waals surface area (Å²) in [6, 6.07) is 9.67. The lowest BCUT2D eigenvalue weighted by Crippen LogP contribution is -2.37. The molecule has 3 atom stereocenters. The molecule has 0 bridgehead atoms. The standard InChI is InChI=1S/C17H27ClN2/c1-13(11-17-9-4-3-5-10-19-17)20-14(2)15-7-6-8-16(18)12-15/h6-8,12-14,17,19-20H,3-5,9-11H2,1-2H3/t13?,14-,17?/m0/s1. The summed E-state index contributed by atoms with van der Waals surface area (Å²) in [5.41, 5.74) is 1.26. The lowest BCUT2D eigenvalue weighted by Gasteiger charge is -2.25. The highest BCUT2D eigenvalue weighted by molar-refractivity contribution is 6.30. The molecule has 0 amide bonds. The zero-order valence-electron chi connectivity index (χ0n) is 12.7. The van der Waals surface area contributed by atoms with Crippen molar-refractivity contribution in [3.63, 3.8) is 0 Å². The van der Waals surface area contributed by atoms with Crippen molar-refractivity contribution < 1.29 is 0 Å². The third-order valence-corrected chi connectivity index (χ3v) is 4.42. The number of nitrogens with one attached hydrogen (secondary N) is 2. The molecule has 0 radical (unpaired) electrons. The van der Waals surface area contributed by atoms with Gasteiger partial charge in [0.1, 0.15) is 0 Å². The maximum atomic E-state index is 6.06. The van der Waals surface area contributed by atoms with Crippen LogP contribution >= 0.6 is 11.6 Å². The minimum Gasteiger partial charge on any atom is -0.314 e. The first kappa shape index (κ1) is 15.8. The van der Waals surface area contributed by atoms with Gasteiger partial charge in [0.2, 0.25) is 0 Å². The van der Waals surface area contributed by atoms with Gasteiger partial charge >= 0.3 is 0 Å². The van der Waals surface area contributed by atoms with Crippen LogP contribution in [-0.2, 0) is 0 Å². The van der Waals surface area contributed by atoms with E-state index in [4.69, 9.17) is 11.6 Å². The first-order chi connectivity index (χ1) is 9.65. The molecule has 1 aromatic rings. The Morgan fingerprint density at radius 1 is 1.30 bits per heavy atom. The van der Waals surface area contributed by atoms with E-state index < -0.39 is 0 Å². The summed E-state index contributed by atoms with van der Waals surface area (Å²) in [5, 5.41) is 8.18. The third-order valence-electron chi connectivity index (χ3n) is 4.18. The van der Waals surface area contributed by atoms with E-state index in [1.807, 2.05) is 12.1 Å². The molecule has 20 heavy (non-hydrogen) atoms. The Hall–Kier alpha value is -0.570. The number of rotatable bonds is 5. The van der Waals surface area contributed by atoms with Crippen molar-refractivity contribution in [1.29, 1.82) is 0 Å². The van der Waals surface area contributed by atoms with Gasteiger partial charge in [-0.05, 0) is 57.4 Å². The Balaban J connectivity index is 1.82. The van der Waals surface area contributed by atoms with Crippen molar-refractivity contribution in [2.24, 2.45) is 0 Å². The average molecular weight is 295 g/mol. The summed E-state index contributed by atoms with van der Waals surface area (Å²) in [7, 11) is 0. The van der Waals surface area contributed by atoms with Crippen molar-refractivity contribution in [1.82, 2.24) is 10.6 Å². The highest BCUT2D eigenvalue weighted by Crippen LogP contribution is 2.19. The largest absolute Gasteiger partial charge is 0.314 e. The van der Waals surface area contributed by atoms with Crippen LogP contribution in [-0.4, -0.2) is 18.6 Å². The van der Waals surface area contributed by atoms with E-state index in [1.165, 1.54) is 44.2 Å². The third kappa shape index (κ3) is 5.08. The smallest absolute Gasteiger partial charge is 0.0409 e. The topological polar surface area (TPSA) is 24.1 Å². The van der Waals surface area contributed by atoms with Crippen LogP contribution in [0.1, 0.15) is 57.6 Å². The van der Waals surface area contributed by atoms with E-state index in [9.17, 15) is 0 Å². The zero-order chi connectivity index (χ0) is 14.4. The summed E-state index contributed by atoms with van der Waals surface area (Å²) < 4.78 is 0. The van der Waals surface area contributed by atoms with Gasteiger partial charge < -0.3 is 10.6 Å². The predicted octanol–water partition coefficient (Wildman–Crippen LogP) is 4.30. The monoisotopic (exact) mass is 294 g/mol. The van der Waals surface area contributed by atoms with Crippen LogP contribution in [0.3, 0.4) is 0 Å². The van der Waals surface area contributed by atoms with E-state index in [0.29, 0.717) is 18.1 Å². The van der Waals surface area contributed by atoms with Gasteiger partial charge in [-0.1, -0.05) is 36.6 Å². The maximum Gasteiger partial charge on any atom is 0.0409 e. The molecule has 112 valence electrons. The van der Waals surface area contributed by atoms with Gasteiger partial charge in [-0.25, -0.2) is 0 Å². The molecule has 2 N–H and O–H groups in total. The Morgan fingerprint density at radius 2 is 2.15 bits per heavy atom. The molecule has 2 rings (SSSR count). The molecule has 2 nitrogen and oxygen atoms in total. The molecule has 1 aromatic carbocycles. The van der Waals surface area contributed by atoms with Crippen molar-refractivity contribution >= 4 is 11.6 Å². The summed E-state index contributed by atoms with van der Waals surface area (Å²) in [4.78, 5) is 0. The molecule has 1 fully saturated rings. The van der Waals surface area contributed by atoms with Crippen LogP contribution < -0.4 is 10.6 Å². The SMILES string of the molecule is CC(CC1CCCCCN1)N[C@@H](C)c1cccc(Cl)c1. The molecule has 1 aliphatic heterocycles. The number of halogens is 1. The van der Waals surface area contributed by atoms with E-state index in [-0.39, 0.29) is 0 Å². The Kier molecular flexibility index (Phi) is 6.34. The molecular weight excluding hydrogens is 268 g/mol. The van der Waals surface area contributed by atoms with Gasteiger partial charge in [0, 0.05) is 23.1 Å². The minimum absolute atomic E-state index is 0.342. The fourth-order valence-corrected chi connectivity index (χ4v) is 3.29. The van der Waals surface area contributed by atoms with Crippen molar-refractivity contribution in [3.8, 4) is 0 Å². The molecule has 2 unspecified atom stereocenters. The lowest BCUT2D eigenvalue weighted by atomic mass is 10.0. The van der Waals surface area contributed by atoms with Gasteiger partial charge in [0.15, 0.2) is 0 Å². The summed E-state index contributed by atoms with van der Waals surface area (Å²) in [6.45, 7) is 5.68. The maximum absolute atomic E-state index is 6.06. The summed E-state index contributed by atoms with van der Waals surface area (Å²) in [6.07, 6.45) is 6.60. The highest BCUT2D eigenvalue weighted by atomic mass is 35.5. The van der Waals surface area contributed by atoms with Crippen LogP contribution in [0.4, 0.5) is 0 Å². The van der Waals surface area contributed by atoms with Crippen molar-refractivity contribution in [3.05, 3.63) is 34.9 Å². The summed E-state index contributed by atoms with van der Waals surface area (Å²) >= 11 is 6.06. The van der Waals surface area contributed by atoms with E-state index >= 15 is 0 Å². The van der Waals surface area contributed by atoms with E-state index in [2.05, 4.69) is 36.6 Å². The van der Waals surface area contributed by atoms with Crippen LogP contribution in [0.5, 0.6) is 0 Å². The predicted molar refractivity (Wildman–Crippen MR) is 87.3 cm³/mol. The number of hydrogen-bond acceptors (Lipinski definition) is 2. The first-order valence-corrected chi connectivity index (χ1v) is 8.28. The zero-order valence-corrected chi connectivity index (χ0v) is 13.4. The second-order valence-corrected chi connectivity index (χ2v) is 6.52. The fraction of sp³-hybridized carbons (Fsp3) is 0.647. The number of benzene rings is 1. The van der Waals surface area contributed by atoms with Gasteiger partial charge in [0.05, 0.1) is 0 Å². The quantitative estimate of drug-likeness (QED) is 0.846. The molecule has 1 heterocycles. The Labute approximate surface area is 128 Å². The van der Waals surface area contributed by atoms with Crippen LogP contribution in [0.25, 0.3) is 0 Å². The lowest BCUT2D eigenvalue weighted by molar-refractivity contribution is 0.380. The number of hydrogen-bond donors (Lipinski definition) is 2. The molecule has 0 aromatic heterocycles. The average Bonchev–Trinajstić information content (AvgIpc) is 2.67. The second kappa shape index (κ2) is 8.02. The molecule has 1 saturated heterocycles. The van der Waals surface area contributed by atoms with Crippen molar-refractivity contribution in [2.75, 3.05) is 6.54 Å². The van der Waals surface area contributed by atoms with Gasteiger partial charge in [-0.15, -0.1) is 0 Å². The molecule has 3 heteroatoms. The highest BCUT2D eigenvalue weighted by Gasteiger charge is 2.16. The van der Waals surface area contributed by atoms with Gasteiger partial charge in [0.25, 0.3) is 0 Å². The minimum atomic E-state index is 0.342. The fourth-order valence-electron chi connectivity index (χ4n) is 3.10. The van der Waals surface area contributed by atoms with E-state index in [0.717, 1.165) is 5.02 Å². The molecule has 1 aliphatic rings. The van der Waals surface area contributed by atoms with Crippen LogP contribution in [0.2, 0.25) is 5.02 Å². The van der Waals surface area contributed by atoms with Gasteiger partial charge in [-0.3, -0.25) is 0 Å². The first-order valence-electron chi connectivity index (χ1n) is 7.90. The molecular formula is C17H27ClN2. The molecule has 0 spiro atoms. The van der Waals surface area contributed by atoms with Crippen molar-refractivity contribution in [2.45, 2.75) is 64.1 Å². The second-order valence-electron chi connectivity index (χ2n) is 6.08. The van der Waals surface area contributed by atoms with E-state index in [1.54, 1.807) is 0 Å². The van der Waals surface area contributed by atoms with Crippen LogP contribution in [0.15, 0.2) is 24.3 Å². The summed E-state index contributed by atoms with van der Waals surface area (Å²) in [5.74, 6) is 0.